The number of rotatable bonds is 4. The second-order valence-corrected chi connectivity index (χ2v) is 3.96. The van der Waals surface area contributed by atoms with Crippen LogP contribution in [0.2, 0.25) is 0 Å². The molecule has 0 spiro atoms. The maximum Gasteiger partial charge on any atom is 0.150 e. The highest BCUT2D eigenvalue weighted by Gasteiger charge is 2.13. The van der Waals surface area contributed by atoms with Gasteiger partial charge in [0.05, 0.1) is 11.4 Å². The molecule has 1 aromatic heterocycles. The molecule has 1 atom stereocenters. The van der Waals surface area contributed by atoms with Crippen molar-refractivity contribution in [3.05, 3.63) is 17.6 Å². The van der Waals surface area contributed by atoms with E-state index in [9.17, 15) is 0 Å². The van der Waals surface area contributed by atoms with Crippen LogP contribution in [0.1, 0.15) is 24.7 Å². The summed E-state index contributed by atoms with van der Waals surface area (Å²) < 4.78 is 0. The van der Waals surface area contributed by atoms with Gasteiger partial charge in [-0.15, -0.1) is 0 Å². The first kappa shape index (κ1) is 11.9. The molecule has 0 bridgehead atoms. The molecule has 0 amide bonds. The van der Waals surface area contributed by atoms with E-state index >= 15 is 0 Å². The first-order chi connectivity index (χ1) is 7.06. The summed E-state index contributed by atoms with van der Waals surface area (Å²) in [5.74, 6) is 0.955. The first-order valence-electron chi connectivity index (χ1n) is 5.29. The van der Waals surface area contributed by atoms with Crippen LogP contribution in [0.25, 0.3) is 0 Å². The molecule has 1 unspecified atom stereocenters. The highest BCUT2D eigenvalue weighted by Crippen LogP contribution is 2.16. The van der Waals surface area contributed by atoms with Crippen molar-refractivity contribution in [1.82, 2.24) is 9.97 Å². The average molecular weight is 208 g/mol. The summed E-state index contributed by atoms with van der Waals surface area (Å²) in [6.07, 6.45) is 2.76. The monoisotopic (exact) mass is 208 g/mol. The molecule has 4 heteroatoms. The number of hydrogen-bond acceptors (Lipinski definition) is 4. The molecule has 1 aromatic rings. The van der Waals surface area contributed by atoms with E-state index in [-0.39, 0.29) is 0 Å². The molecule has 0 fully saturated rings. The van der Waals surface area contributed by atoms with Gasteiger partial charge in [0.1, 0.15) is 5.82 Å². The average Bonchev–Trinajstić information content (AvgIpc) is 2.21. The van der Waals surface area contributed by atoms with E-state index in [1.165, 1.54) is 0 Å². The van der Waals surface area contributed by atoms with E-state index < -0.39 is 0 Å². The Hall–Kier alpha value is -1.16. The van der Waals surface area contributed by atoms with Gasteiger partial charge in [-0.3, -0.25) is 4.98 Å². The van der Waals surface area contributed by atoms with Gasteiger partial charge in [-0.25, -0.2) is 4.98 Å². The Morgan fingerprint density at radius 2 is 2.13 bits per heavy atom. The molecule has 0 saturated heterocycles. The van der Waals surface area contributed by atoms with Gasteiger partial charge < -0.3 is 10.6 Å². The minimum Gasteiger partial charge on any atom is -0.355 e. The standard InChI is InChI=1S/C11H20N4/c1-8-7-13-10(3)11(14-8)15(4)9(2)5-6-12/h7,9H,5-6,12H2,1-4H3. The van der Waals surface area contributed by atoms with Crippen LogP contribution in [-0.4, -0.2) is 29.6 Å². The fraction of sp³-hybridized carbons (Fsp3) is 0.636. The number of hydrogen-bond donors (Lipinski definition) is 1. The predicted octanol–water partition coefficient (Wildman–Crippen LogP) is 1.27. The second-order valence-electron chi connectivity index (χ2n) is 3.96. The Bertz CT molecular complexity index is 324. The van der Waals surface area contributed by atoms with E-state index in [0.717, 1.165) is 23.6 Å². The van der Waals surface area contributed by atoms with Crippen molar-refractivity contribution in [2.45, 2.75) is 33.2 Å². The third-order valence-electron chi connectivity index (χ3n) is 2.63. The van der Waals surface area contributed by atoms with Crippen LogP contribution in [0.15, 0.2) is 6.20 Å². The van der Waals surface area contributed by atoms with Crippen molar-refractivity contribution < 1.29 is 0 Å². The summed E-state index contributed by atoms with van der Waals surface area (Å²) >= 11 is 0. The molecule has 4 nitrogen and oxygen atoms in total. The van der Waals surface area contributed by atoms with Crippen LogP contribution in [0.5, 0.6) is 0 Å². The topological polar surface area (TPSA) is 55.0 Å². The number of anilines is 1. The lowest BCUT2D eigenvalue weighted by atomic mass is 10.2. The zero-order valence-corrected chi connectivity index (χ0v) is 9.99. The molecule has 0 aliphatic heterocycles. The van der Waals surface area contributed by atoms with Crippen molar-refractivity contribution in [2.75, 3.05) is 18.5 Å². The van der Waals surface area contributed by atoms with E-state index in [2.05, 4.69) is 21.8 Å². The Kier molecular flexibility index (Phi) is 4.03. The van der Waals surface area contributed by atoms with Gasteiger partial charge in [-0.2, -0.15) is 0 Å². The molecular formula is C11H20N4. The molecule has 0 aliphatic carbocycles. The lowest BCUT2D eigenvalue weighted by molar-refractivity contribution is 0.626. The summed E-state index contributed by atoms with van der Waals surface area (Å²) in [5.41, 5.74) is 7.46. The van der Waals surface area contributed by atoms with Crippen molar-refractivity contribution in [3.63, 3.8) is 0 Å². The molecule has 0 radical (unpaired) electrons. The van der Waals surface area contributed by atoms with Crippen molar-refractivity contribution in [1.29, 1.82) is 0 Å². The summed E-state index contributed by atoms with van der Waals surface area (Å²) in [6.45, 7) is 6.78. The first-order valence-corrected chi connectivity index (χ1v) is 5.29. The summed E-state index contributed by atoms with van der Waals surface area (Å²) in [7, 11) is 2.04. The highest BCUT2D eigenvalue weighted by molar-refractivity contribution is 5.43. The predicted molar refractivity (Wildman–Crippen MR) is 63.0 cm³/mol. The van der Waals surface area contributed by atoms with Crippen LogP contribution in [-0.2, 0) is 0 Å². The van der Waals surface area contributed by atoms with Gasteiger partial charge in [0.15, 0.2) is 0 Å². The summed E-state index contributed by atoms with van der Waals surface area (Å²) in [4.78, 5) is 10.9. The Labute approximate surface area is 91.5 Å². The third-order valence-corrected chi connectivity index (χ3v) is 2.63. The van der Waals surface area contributed by atoms with Crippen molar-refractivity contribution >= 4 is 5.82 Å². The molecular weight excluding hydrogens is 188 g/mol. The Morgan fingerprint density at radius 1 is 1.47 bits per heavy atom. The van der Waals surface area contributed by atoms with Gasteiger partial charge in [0, 0.05) is 19.3 Å². The maximum absolute atomic E-state index is 5.55. The Morgan fingerprint density at radius 3 is 2.73 bits per heavy atom. The number of aryl methyl sites for hydroxylation is 2. The van der Waals surface area contributed by atoms with E-state index in [4.69, 9.17) is 5.73 Å². The van der Waals surface area contributed by atoms with Gasteiger partial charge >= 0.3 is 0 Å². The van der Waals surface area contributed by atoms with Crippen LogP contribution < -0.4 is 10.6 Å². The molecule has 0 saturated carbocycles. The van der Waals surface area contributed by atoms with Crippen LogP contribution in [0.4, 0.5) is 5.82 Å². The number of nitrogens with two attached hydrogens (primary N) is 1. The van der Waals surface area contributed by atoms with Crippen LogP contribution in [0.3, 0.4) is 0 Å². The maximum atomic E-state index is 5.55. The zero-order valence-electron chi connectivity index (χ0n) is 9.99. The van der Waals surface area contributed by atoms with Crippen molar-refractivity contribution in [3.8, 4) is 0 Å². The van der Waals surface area contributed by atoms with Gasteiger partial charge in [0.2, 0.25) is 0 Å². The van der Waals surface area contributed by atoms with E-state index in [1.54, 1.807) is 6.20 Å². The highest BCUT2D eigenvalue weighted by atomic mass is 15.2. The van der Waals surface area contributed by atoms with E-state index in [1.807, 2.05) is 20.9 Å². The molecule has 1 rings (SSSR count). The molecule has 84 valence electrons. The minimum atomic E-state index is 0.393. The molecule has 0 aromatic carbocycles. The summed E-state index contributed by atoms with van der Waals surface area (Å²) in [6, 6.07) is 0.393. The smallest absolute Gasteiger partial charge is 0.150 e. The molecule has 1 heterocycles. The zero-order chi connectivity index (χ0) is 11.4. The second kappa shape index (κ2) is 5.07. The Balaban J connectivity index is 2.89. The lowest BCUT2D eigenvalue weighted by Gasteiger charge is -2.26. The number of nitrogens with zero attached hydrogens (tertiary/aromatic N) is 3. The minimum absolute atomic E-state index is 0.393. The number of aromatic nitrogens is 2. The van der Waals surface area contributed by atoms with Gasteiger partial charge in [0.25, 0.3) is 0 Å². The van der Waals surface area contributed by atoms with Gasteiger partial charge in [-0.05, 0) is 33.7 Å². The fourth-order valence-electron chi connectivity index (χ4n) is 1.50. The molecule has 0 aliphatic rings. The van der Waals surface area contributed by atoms with Crippen LogP contribution >= 0.6 is 0 Å². The normalized spacial score (nSPS) is 12.6. The van der Waals surface area contributed by atoms with E-state index in [0.29, 0.717) is 12.6 Å². The van der Waals surface area contributed by atoms with Gasteiger partial charge in [-0.1, -0.05) is 0 Å². The SMILES string of the molecule is Cc1cnc(C)c(N(C)C(C)CCN)n1. The largest absolute Gasteiger partial charge is 0.355 e. The van der Waals surface area contributed by atoms with Crippen LogP contribution in [0, 0.1) is 13.8 Å². The van der Waals surface area contributed by atoms with Crippen molar-refractivity contribution in [2.24, 2.45) is 5.73 Å². The third kappa shape index (κ3) is 2.89. The molecule has 2 N–H and O–H groups in total. The summed E-state index contributed by atoms with van der Waals surface area (Å²) in [5, 5.41) is 0. The lowest BCUT2D eigenvalue weighted by Crippen LogP contribution is -2.32. The quantitative estimate of drug-likeness (QED) is 0.809. The fourth-order valence-corrected chi connectivity index (χ4v) is 1.50. The molecule has 15 heavy (non-hydrogen) atoms.